The molecule has 3 heterocycles. The molecule has 252 valence electrons. The Labute approximate surface area is 289 Å². The van der Waals surface area contributed by atoms with Crippen LogP contribution in [-0.4, -0.2) is 50.1 Å². The van der Waals surface area contributed by atoms with Gasteiger partial charge in [0.2, 0.25) is 21.8 Å². The molecule has 1 aromatic heterocycles. The molecule has 0 spiro atoms. The van der Waals surface area contributed by atoms with Gasteiger partial charge in [-0.25, -0.2) is 13.6 Å². The molecule has 7 atom stereocenters. The number of primary sulfonamides is 1. The molecule has 0 radical (unpaired) electrons. The van der Waals surface area contributed by atoms with Crippen molar-refractivity contribution in [3.05, 3.63) is 92.9 Å². The topological polar surface area (TPSA) is 178 Å². The van der Waals surface area contributed by atoms with Crippen LogP contribution in [-0.2, 0) is 24.4 Å². The molecule has 49 heavy (non-hydrogen) atoms. The summed E-state index contributed by atoms with van der Waals surface area (Å²) in [5, 5.41) is 8.64. The van der Waals surface area contributed by atoms with Gasteiger partial charge in [0.05, 0.1) is 34.6 Å². The number of nitrogens with zero attached hydrogens (tertiary/aromatic N) is 1. The lowest BCUT2D eigenvalue weighted by atomic mass is 9.68. The monoisotopic (exact) mass is 718 g/mol. The number of fused-ring (bicyclic) bond motifs is 9. The number of methoxy groups -OCH3 is 1. The van der Waals surface area contributed by atoms with Gasteiger partial charge in [0, 0.05) is 21.7 Å². The number of rotatable bonds is 8. The first-order valence-corrected chi connectivity index (χ1v) is 18.8. The quantitative estimate of drug-likeness (QED) is 0.229. The maximum atomic E-state index is 14.0. The van der Waals surface area contributed by atoms with Crippen LogP contribution in [0.1, 0.15) is 22.8 Å². The van der Waals surface area contributed by atoms with Gasteiger partial charge in [0.25, 0.3) is 5.91 Å². The maximum Gasteiger partial charge on any atom is 0.305 e. The number of hydrogen-bond acceptors (Lipinski definition) is 10. The van der Waals surface area contributed by atoms with E-state index < -0.39 is 27.8 Å². The SMILES string of the molecule is COc1ccc(N2C(=O)C3C4CC(C3C2=O)C2C4Sc3[nH]c(=O)sc3[C@@H]2c2cccc(OCC(=O)Nc3ccc(S(N)(=O)=O)cc3)c2)cc1. The first-order chi connectivity index (χ1) is 23.5. The number of nitrogens with two attached hydrogens (primary N) is 1. The van der Waals surface area contributed by atoms with Crippen LogP contribution in [0.2, 0.25) is 0 Å². The number of thiazole rings is 1. The Morgan fingerprint density at radius 1 is 0.980 bits per heavy atom. The summed E-state index contributed by atoms with van der Waals surface area (Å²) < 4.78 is 34.2. The maximum absolute atomic E-state index is 14.0. The third-order valence-electron chi connectivity index (χ3n) is 10.1. The third-order valence-corrected chi connectivity index (χ3v) is 13.6. The number of nitrogens with one attached hydrogen (secondary N) is 2. The van der Waals surface area contributed by atoms with Crippen molar-refractivity contribution in [3.8, 4) is 11.5 Å². The Morgan fingerprint density at radius 3 is 2.39 bits per heavy atom. The number of anilines is 2. The van der Waals surface area contributed by atoms with E-state index in [1.165, 1.54) is 40.5 Å². The minimum atomic E-state index is -3.85. The number of hydrogen-bond donors (Lipinski definition) is 3. The van der Waals surface area contributed by atoms with Gasteiger partial charge in [-0.15, -0.1) is 11.8 Å². The smallest absolute Gasteiger partial charge is 0.305 e. The average molecular weight is 719 g/mol. The van der Waals surface area contributed by atoms with Crippen LogP contribution in [0.25, 0.3) is 0 Å². The zero-order chi connectivity index (χ0) is 34.2. The van der Waals surface area contributed by atoms with Crippen molar-refractivity contribution < 1.29 is 32.3 Å². The molecule has 2 bridgehead atoms. The highest BCUT2D eigenvalue weighted by Gasteiger charge is 2.69. The van der Waals surface area contributed by atoms with Crippen molar-refractivity contribution in [2.24, 2.45) is 34.7 Å². The molecule has 8 rings (SSSR count). The summed E-state index contributed by atoms with van der Waals surface area (Å²) in [6.45, 7) is -0.304. The van der Waals surface area contributed by atoms with Gasteiger partial charge in [-0.1, -0.05) is 23.5 Å². The van der Waals surface area contributed by atoms with E-state index in [1.807, 2.05) is 18.2 Å². The van der Waals surface area contributed by atoms with Gasteiger partial charge >= 0.3 is 4.87 Å². The van der Waals surface area contributed by atoms with Gasteiger partial charge in [-0.2, -0.15) is 0 Å². The Balaban J connectivity index is 1.05. The molecule has 3 amide bonds. The highest BCUT2D eigenvalue weighted by atomic mass is 32.2. The van der Waals surface area contributed by atoms with E-state index in [0.717, 1.165) is 21.9 Å². The molecule has 3 fully saturated rings. The van der Waals surface area contributed by atoms with Crippen LogP contribution in [0.3, 0.4) is 0 Å². The van der Waals surface area contributed by atoms with Crippen molar-refractivity contribution in [3.63, 3.8) is 0 Å². The first-order valence-electron chi connectivity index (χ1n) is 15.6. The number of imide groups is 1. The van der Waals surface area contributed by atoms with Crippen molar-refractivity contribution in [2.75, 3.05) is 23.9 Å². The van der Waals surface area contributed by atoms with Gasteiger partial charge in [-0.05, 0) is 90.4 Å². The van der Waals surface area contributed by atoms with Crippen LogP contribution in [0.15, 0.2) is 87.5 Å². The van der Waals surface area contributed by atoms with Gasteiger partial charge in [0.1, 0.15) is 11.5 Å². The number of ether oxygens (including phenoxy) is 2. The van der Waals surface area contributed by atoms with Gasteiger partial charge in [0.15, 0.2) is 6.61 Å². The predicted molar refractivity (Wildman–Crippen MR) is 182 cm³/mol. The van der Waals surface area contributed by atoms with Crippen molar-refractivity contribution in [1.29, 1.82) is 0 Å². The summed E-state index contributed by atoms with van der Waals surface area (Å²) in [7, 11) is -2.29. The van der Waals surface area contributed by atoms with E-state index >= 15 is 0 Å². The number of H-pyrrole nitrogens is 1. The molecular formula is C34H30N4O8S3. The number of benzene rings is 3. The normalized spacial score (nSPS) is 26.7. The first kappa shape index (κ1) is 31.8. The molecule has 4 aliphatic rings. The second-order valence-corrected chi connectivity index (χ2v) is 16.4. The van der Waals surface area contributed by atoms with Crippen LogP contribution in [0.5, 0.6) is 11.5 Å². The average Bonchev–Trinajstić information content (AvgIpc) is 3.82. The molecule has 3 aromatic carbocycles. The molecule has 6 unspecified atom stereocenters. The molecule has 15 heteroatoms. The van der Waals surface area contributed by atoms with E-state index in [1.54, 1.807) is 49.2 Å². The molecule has 1 saturated heterocycles. The largest absolute Gasteiger partial charge is 0.497 e. The highest BCUT2D eigenvalue weighted by Crippen LogP contribution is 2.68. The van der Waals surface area contributed by atoms with Gasteiger partial charge in [-0.3, -0.25) is 24.1 Å². The van der Waals surface area contributed by atoms with E-state index in [2.05, 4.69) is 10.3 Å². The summed E-state index contributed by atoms with van der Waals surface area (Å²) in [6, 6.07) is 19.9. The second-order valence-electron chi connectivity index (χ2n) is 12.6. The number of aromatic nitrogens is 1. The fraction of sp³-hybridized carbons (Fsp3) is 0.294. The molecule has 2 aliphatic heterocycles. The van der Waals surface area contributed by atoms with E-state index in [4.69, 9.17) is 14.6 Å². The highest BCUT2D eigenvalue weighted by molar-refractivity contribution is 8.00. The zero-order valence-electron chi connectivity index (χ0n) is 25.9. The standard InChI is InChI=1S/C34H30N4O8S3/c1-45-19-9-7-18(8-10-19)38-32(40)27-22-14-23(28(27)33(38)41)29-26(22)25(30-31(47-29)37-34(42)48-30)16-3-2-4-20(13-16)46-15-24(39)36-17-5-11-21(12-6-17)49(35,43)44/h2-13,22-23,25-29H,14-15H2,1H3,(H,36,39)(H,37,42)(H2,35,43,44)/t22?,23?,25-,26?,27?,28?,29?/m1/s1. The van der Waals surface area contributed by atoms with Crippen molar-refractivity contribution in [1.82, 2.24) is 4.98 Å². The summed E-state index contributed by atoms with van der Waals surface area (Å²) in [4.78, 5) is 58.3. The Morgan fingerprint density at radius 2 is 1.69 bits per heavy atom. The Hall–Kier alpha value is -4.44. The van der Waals surface area contributed by atoms with E-state index in [9.17, 15) is 27.6 Å². The third kappa shape index (κ3) is 5.35. The van der Waals surface area contributed by atoms with Crippen LogP contribution >= 0.6 is 23.1 Å². The number of thioether (sulfide) groups is 1. The lowest BCUT2D eigenvalue weighted by molar-refractivity contribution is -0.123. The fourth-order valence-electron chi connectivity index (χ4n) is 8.25. The van der Waals surface area contributed by atoms with E-state index in [-0.39, 0.29) is 57.1 Å². The number of carbonyl (C=O) groups is 3. The number of sulfonamides is 1. The van der Waals surface area contributed by atoms with Gasteiger partial charge < -0.3 is 19.8 Å². The van der Waals surface area contributed by atoms with Crippen LogP contribution in [0.4, 0.5) is 11.4 Å². The van der Waals surface area contributed by atoms with Crippen LogP contribution in [0, 0.1) is 29.6 Å². The molecule has 2 aliphatic carbocycles. The van der Waals surface area contributed by atoms with Crippen molar-refractivity contribution >= 4 is 62.2 Å². The number of amides is 3. The fourth-order valence-corrected chi connectivity index (χ4v) is 11.7. The lowest BCUT2D eigenvalue weighted by Gasteiger charge is -2.43. The summed E-state index contributed by atoms with van der Waals surface area (Å²) in [5.74, 6) is -0.841. The lowest BCUT2D eigenvalue weighted by Crippen LogP contribution is -2.42. The minimum absolute atomic E-state index is 0.00150. The van der Waals surface area contributed by atoms with Crippen molar-refractivity contribution in [2.45, 2.75) is 27.5 Å². The molecule has 2 saturated carbocycles. The van der Waals surface area contributed by atoms with Crippen LogP contribution < -0.4 is 29.7 Å². The molecule has 4 aromatic rings. The van der Waals surface area contributed by atoms with E-state index in [0.29, 0.717) is 22.9 Å². The Kier molecular flexibility index (Phi) is 7.70. The Bertz CT molecular complexity index is 2170. The summed E-state index contributed by atoms with van der Waals surface area (Å²) in [5.41, 5.74) is 1.82. The predicted octanol–water partition coefficient (Wildman–Crippen LogP) is 3.79. The zero-order valence-corrected chi connectivity index (χ0v) is 28.3. The second kappa shape index (κ2) is 11.9. The molecule has 12 nitrogen and oxygen atoms in total. The molecular weight excluding hydrogens is 689 g/mol. The summed E-state index contributed by atoms with van der Waals surface area (Å²) >= 11 is 2.79. The number of carbonyl (C=O) groups excluding carboxylic acids is 3. The number of aromatic amines is 1. The minimum Gasteiger partial charge on any atom is -0.497 e. The molecule has 4 N–H and O–H groups in total. The summed E-state index contributed by atoms with van der Waals surface area (Å²) in [6.07, 6.45) is 0.760.